The molecule has 0 aliphatic rings. The van der Waals surface area contributed by atoms with E-state index in [2.05, 4.69) is 35.1 Å². The van der Waals surface area contributed by atoms with Crippen LogP contribution in [0.2, 0.25) is 0 Å². The minimum absolute atomic E-state index is 1.19. The lowest BCUT2D eigenvalue weighted by molar-refractivity contribution is 1.32. The van der Waals surface area contributed by atoms with E-state index in [0.717, 1.165) is 0 Å². The van der Waals surface area contributed by atoms with Gasteiger partial charge in [0.2, 0.25) is 0 Å². The molecular formula is C25H30N2. The molecule has 2 heterocycles. The van der Waals surface area contributed by atoms with Gasteiger partial charge in [0.05, 0.1) is 0 Å². The summed E-state index contributed by atoms with van der Waals surface area (Å²) in [4.78, 5) is 8.13. The van der Waals surface area contributed by atoms with Crippen LogP contribution in [0.5, 0.6) is 0 Å². The lowest BCUT2D eigenvalue weighted by Gasteiger charge is -2.08. The maximum Gasteiger partial charge on any atom is 0.0273 e. The number of allylic oxidation sites excluding steroid dienone is 4. The zero-order valence-electron chi connectivity index (χ0n) is 17.1. The monoisotopic (exact) mass is 358 g/mol. The Kier molecular flexibility index (Phi) is 10.8. The van der Waals surface area contributed by atoms with E-state index in [9.17, 15) is 0 Å². The maximum absolute atomic E-state index is 4.07. The molecule has 0 N–H and O–H groups in total. The van der Waals surface area contributed by atoms with Gasteiger partial charge >= 0.3 is 0 Å². The van der Waals surface area contributed by atoms with Crippen LogP contribution in [0.3, 0.4) is 0 Å². The average molecular weight is 359 g/mol. The molecule has 3 aromatic rings. The van der Waals surface area contributed by atoms with Crippen LogP contribution in [-0.2, 0) is 0 Å². The second kappa shape index (κ2) is 13.2. The molecule has 0 amide bonds. The molecule has 0 aliphatic heterocycles. The minimum Gasteiger partial charge on any atom is -0.265 e. The zero-order valence-corrected chi connectivity index (χ0v) is 17.1. The Labute approximate surface area is 164 Å². The highest BCUT2D eigenvalue weighted by atomic mass is 14.6. The van der Waals surface area contributed by atoms with Crippen molar-refractivity contribution in [1.29, 1.82) is 0 Å². The topological polar surface area (TPSA) is 25.8 Å². The van der Waals surface area contributed by atoms with Gasteiger partial charge in [-0.1, -0.05) is 50.3 Å². The smallest absolute Gasteiger partial charge is 0.0273 e. The van der Waals surface area contributed by atoms with Gasteiger partial charge in [-0.15, -0.1) is 0 Å². The number of hydrogen-bond donors (Lipinski definition) is 0. The molecule has 27 heavy (non-hydrogen) atoms. The maximum atomic E-state index is 4.07. The largest absolute Gasteiger partial charge is 0.265 e. The predicted molar refractivity (Wildman–Crippen MR) is 119 cm³/mol. The third-order valence-electron chi connectivity index (χ3n) is 3.60. The van der Waals surface area contributed by atoms with Gasteiger partial charge in [0.1, 0.15) is 0 Å². The molecule has 0 spiro atoms. The normalized spacial score (nSPS) is 10.1. The summed E-state index contributed by atoms with van der Waals surface area (Å²) in [7, 11) is 0. The minimum atomic E-state index is 1.19. The quantitative estimate of drug-likeness (QED) is 0.460. The van der Waals surface area contributed by atoms with Crippen molar-refractivity contribution in [2.75, 3.05) is 0 Å². The molecular weight excluding hydrogens is 328 g/mol. The molecule has 2 aromatic heterocycles. The van der Waals surface area contributed by atoms with E-state index in [1.54, 1.807) is 0 Å². The Bertz CT molecular complexity index is 752. The van der Waals surface area contributed by atoms with Crippen LogP contribution in [-0.4, -0.2) is 9.97 Å². The first-order valence-electron chi connectivity index (χ1n) is 9.41. The lowest BCUT2D eigenvalue weighted by atomic mass is 9.98. The van der Waals surface area contributed by atoms with Crippen LogP contribution in [0.25, 0.3) is 22.3 Å². The van der Waals surface area contributed by atoms with Crippen molar-refractivity contribution >= 4 is 0 Å². The van der Waals surface area contributed by atoms with E-state index >= 15 is 0 Å². The number of aromatic nitrogens is 2. The number of aryl methyl sites for hydroxylation is 1. The van der Waals surface area contributed by atoms with E-state index in [1.807, 2.05) is 101 Å². The molecule has 0 unspecified atom stereocenters. The molecule has 2 nitrogen and oxygen atoms in total. The summed E-state index contributed by atoms with van der Waals surface area (Å²) in [5, 5.41) is 0. The van der Waals surface area contributed by atoms with Crippen LogP contribution in [0.15, 0.2) is 91.6 Å². The van der Waals surface area contributed by atoms with E-state index in [-0.39, 0.29) is 0 Å². The fourth-order valence-electron chi connectivity index (χ4n) is 2.43. The second-order valence-electron chi connectivity index (χ2n) is 5.61. The Morgan fingerprint density at radius 3 is 1.30 bits per heavy atom. The van der Waals surface area contributed by atoms with Crippen molar-refractivity contribution < 1.29 is 0 Å². The molecule has 0 saturated heterocycles. The van der Waals surface area contributed by atoms with Gasteiger partial charge in [-0.25, -0.2) is 0 Å². The highest BCUT2D eigenvalue weighted by molar-refractivity contribution is 5.73. The van der Waals surface area contributed by atoms with Crippen molar-refractivity contribution in [3.63, 3.8) is 0 Å². The van der Waals surface area contributed by atoms with Crippen LogP contribution < -0.4 is 0 Å². The van der Waals surface area contributed by atoms with Crippen LogP contribution >= 0.6 is 0 Å². The van der Waals surface area contributed by atoms with Crippen molar-refractivity contribution in [2.24, 2.45) is 0 Å². The van der Waals surface area contributed by atoms with Gasteiger partial charge in [-0.05, 0) is 78.9 Å². The third-order valence-corrected chi connectivity index (χ3v) is 3.60. The van der Waals surface area contributed by atoms with Gasteiger partial charge in [-0.3, -0.25) is 9.97 Å². The molecule has 0 aliphatic carbocycles. The molecule has 0 saturated carbocycles. The molecule has 0 atom stereocenters. The molecule has 3 rings (SSSR count). The summed E-state index contributed by atoms with van der Waals surface area (Å²) < 4.78 is 0. The van der Waals surface area contributed by atoms with E-state index in [4.69, 9.17) is 0 Å². The number of benzene rings is 1. The summed E-state index contributed by atoms with van der Waals surface area (Å²) >= 11 is 0. The Balaban J connectivity index is 0.000000392. The summed E-state index contributed by atoms with van der Waals surface area (Å²) in [6.45, 7) is 10.1. The number of hydrogen-bond acceptors (Lipinski definition) is 2. The zero-order chi connectivity index (χ0) is 19.9. The first kappa shape index (κ1) is 22.0. The SMILES string of the molecule is C/C=C\C=C/C.CC.Cc1cc(-c2ccncc2)cc(-c2ccncc2)c1. The third kappa shape index (κ3) is 7.83. The molecule has 140 valence electrons. The Hall–Kier alpha value is -3.00. The fraction of sp³-hybridized carbons (Fsp3) is 0.200. The van der Waals surface area contributed by atoms with E-state index < -0.39 is 0 Å². The number of rotatable bonds is 3. The van der Waals surface area contributed by atoms with Gasteiger partial charge in [0.15, 0.2) is 0 Å². The average Bonchev–Trinajstić information content (AvgIpc) is 2.75. The van der Waals surface area contributed by atoms with Gasteiger partial charge in [0, 0.05) is 24.8 Å². The highest BCUT2D eigenvalue weighted by Gasteiger charge is 2.03. The van der Waals surface area contributed by atoms with Gasteiger partial charge in [0.25, 0.3) is 0 Å². The van der Waals surface area contributed by atoms with Crippen molar-refractivity contribution in [3.8, 4) is 22.3 Å². The number of nitrogens with zero attached hydrogens (tertiary/aromatic N) is 2. The summed E-state index contributed by atoms with van der Waals surface area (Å²) in [6, 6.07) is 14.7. The van der Waals surface area contributed by atoms with Crippen LogP contribution in [0, 0.1) is 6.92 Å². The first-order valence-corrected chi connectivity index (χ1v) is 9.41. The molecule has 2 heteroatoms. The summed E-state index contributed by atoms with van der Waals surface area (Å²) in [6.07, 6.45) is 15.3. The Morgan fingerprint density at radius 1 is 0.593 bits per heavy atom. The number of pyridine rings is 2. The first-order chi connectivity index (χ1) is 13.2. The standard InChI is InChI=1S/C17H14N2.C6H10.C2H6/c1-13-10-16(14-2-6-18-7-3-14)12-17(11-13)15-4-8-19-9-5-15;1-3-5-6-4-2;1-2/h2-12H,1H3;3-6H,1-2H3;1-2H3/b;5-3-,6-4-;. The highest BCUT2D eigenvalue weighted by Crippen LogP contribution is 2.27. The van der Waals surface area contributed by atoms with E-state index in [1.165, 1.54) is 27.8 Å². The molecule has 0 fully saturated rings. The van der Waals surface area contributed by atoms with Crippen LogP contribution in [0.4, 0.5) is 0 Å². The van der Waals surface area contributed by atoms with Crippen molar-refractivity contribution in [1.82, 2.24) is 9.97 Å². The fourth-order valence-corrected chi connectivity index (χ4v) is 2.43. The molecule has 0 bridgehead atoms. The van der Waals surface area contributed by atoms with E-state index in [0.29, 0.717) is 0 Å². The molecule has 0 radical (unpaired) electrons. The summed E-state index contributed by atoms with van der Waals surface area (Å²) in [5.41, 5.74) is 6.06. The van der Waals surface area contributed by atoms with Gasteiger partial charge < -0.3 is 0 Å². The van der Waals surface area contributed by atoms with Crippen molar-refractivity contribution in [2.45, 2.75) is 34.6 Å². The molecule has 1 aromatic carbocycles. The predicted octanol–water partition coefficient (Wildman–Crippen LogP) is 7.28. The Morgan fingerprint density at radius 2 is 0.963 bits per heavy atom. The lowest BCUT2D eigenvalue weighted by Crippen LogP contribution is -1.85. The van der Waals surface area contributed by atoms with Crippen LogP contribution in [0.1, 0.15) is 33.3 Å². The van der Waals surface area contributed by atoms with Crippen molar-refractivity contribution in [3.05, 3.63) is 97.1 Å². The second-order valence-corrected chi connectivity index (χ2v) is 5.61. The summed E-state index contributed by atoms with van der Waals surface area (Å²) in [5.74, 6) is 0. The van der Waals surface area contributed by atoms with Gasteiger partial charge in [-0.2, -0.15) is 0 Å².